The Labute approximate surface area is 123 Å². The minimum Gasteiger partial charge on any atom is -0.480 e. The summed E-state index contributed by atoms with van der Waals surface area (Å²) in [7, 11) is 0. The lowest BCUT2D eigenvalue weighted by Gasteiger charge is -2.34. The van der Waals surface area contributed by atoms with Crippen molar-refractivity contribution in [3.05, 3.63) is 35.9 Å². The van der Waals surface area contributed by atoms with Crippen LogP contribution in [0.3, 0.4) is 0 Å². The number of amides is 2. The Morgan fingerprint density at radius 2 is 1.86 bits per heavy atom. The number of carboxylic acids is 1. The molecule has 1 atom stereocenters. The fourth-order valence-electron chi connectivity index (χ4n) is 2.39. The molecule has 1 aliphatic heterocycles. The number of benzene rings is 1. The average molecular weight is 292 g/mol. The monoisotopic (exact) mass is 292 g/mol. The topological polar surface area (TPSA) is 87.7 Å². The second kappa shape index (κ2) is 6.58. The molecule has 0 aliphatic carbocycles. The molecule has 0 spiro atoms. The summed E-state index contributed by atoms with van der Waals surface area (Å²) >= 11 is 0. The maximum Gasteiger partial charge on any atom is 0.329 e. The van der Waals surface area contributed by atoms with E-state index in [1.165, 1.54) is 0 Å². The molecule has 0 saturated carbocycles. The first-order chi connectivity index (χ1) is 10.0. The van der Waals surface area contributed by atoms with Gasteiger partial charge in [-0.3, -0.25) is 0 Å². The van der Waals surface area contributed by atoms with Crippen LogP contribution in [0.15, 0.2) is 30.3 Å². The third-order valence-corrected chi connectivity index (χ3v) is 3.76. The largest absolute Gasteiger partial charge is 0.480 e. The molecule has 2 rings (SSSR count). The molecule has 6 heteroatoms. The first-order valence-corrected chi connectivity index (χ1v) is 6.98. The highest BCUT2D eigenvalue weighted by Crippen LogP contribution is 2.21. The van der Waals surface area contributed by atoms with Crippen LogP contribution in [0.4, 0.5) is 4.79 Å². The van der Waals surface area contributed by atoms with Crippen LogP contribution >= 0.6 is 0 Å². The van der Waals surface area contributed by atoms with Crippen molar-refractivity contribution < 1.29 is 19.4 Å². The molecule has 21 heavy (non-hydrogen) atoms. The molecule has 3 N–H and O–H groups in total. The zero-order chi connectivity index (χ0) is 15.3. The van der Waals surface area contributed by atoms with Gasteiger partial charge >= 0.3 is 12.0 Å². The number of ether oxygens (including phenoxy) is 1. The summed E-state index contributed by atoms with van der Waals surface area (Å²) < 4.78 is 5.17. The van der Waals surface area contributed by atoms with Crippen molar-refractivity contribution in [2.45, 2.75) is 31.3 Å². The normalized spacial score (nSPS) is 18.5. The highest BCUT2D eigenvalue weighted by atomic mass is 16.5. The van der Waals surface area contributed by atoms with Crippen molar-refractivity contribution in [2.75, 3.05) is 13.2 Å². The van der Waals surface area contributed by atoms with Gasteiger partial charge in [0.25, 0.3) is 0 Å². The summed E-state index contributed by atoms with van der Waals surface area (Å²) in [4.78, 5) is 23.5. The van der Waals surface area contributed by atoms with Gasteiger partial charge in [-0.25, -0.2) is 9.59 Å². The smallest absolute Gasteiger partial charge is 0.329 e. The Morgan fingerprint density at radius 3 is 2.43 bits per heavy atom. The van der Waals surface area contributed by atoms with Gasteiger partial charge in [0, 0.05) is 26.1 Å². The van der Waals surface area contributed by atoms with E-state index < -0.39 is 17.5 Å². The van der Waals surface area contributed by atoms with Crippen LogP contribution in [-0.2, 0) is 9.53 Å². The minimum atomic E-state index is -1.24. The van der Waals surface area contributed by atoms with Gasteiger partial charge in [0.15, 0.2) is 0 Å². The Balaban J connectivity index is 1.98. The zero-order valence-electron chi connectivity index (χ0n) is 12.0. The second-order valence-electron chi connectivity index (χ2n) is 5.23. The molecule has 1 aromatic rings. The van der Waals surface area contributed by atoms with Crippen LogP contribution in [0.2, 0.25) is 0 Å². The molecule has 1 aliphatic rings. The maximum absolute atomic E-state index is 12.1. The van der Waals surface area contributed by atoms with Gasteiger partial charge in [0.1, 0.15) is 5.54 Å². The van der Waals surface area contributed by atoms with E-state index in [1.807, 2.05) is 37.3 Å². The quantitative estimate of drug-likeness (QED) is 0.788. The standard InChI is InChI=1S/C15H20N2O4/c1-11(12-5-3-2-4-6-12)16-14(20)17-15(13(18)19)7-9-21-10-8-15/h2-6,11H,7-10H2,1H3,(H,18,19)(H2,16,17,20). The summed E-state index contributed by atoms with van der Waals surface area (Å²) in [6.07, 6.45) is 0.547. The zero-order valence-corrected chi connectivity index (χ0v) is 12.0. The first kappa shape index (κ1) is 15.3. The molecule has 1 aromatic carbocycles. The molecular weight excluding hydrogens is 272 g/mol. The SMILES string of the molecule is CC(NC(=O)NC1(C(=O)O)CCOCC1)c1ccccc1. The van der Waals surface area contributed by atoms with Crippen molar-refractivity contribution >= 4 is 12.0 Å². The van der Waals surface area contributed by atoms with E-state index in [9.17, 15) is 14.7 Å². The highest BCUT2D eigenvalue weighted by Gasteiger charge is 2.41. The lowest BCUT2D eigenvalue weighted by molar-refractivity contribution is -0.148. The van der Waals surface area contributed by atoms with Crippen molar-refractivity contribution in [3.63, 3.8) is 0 Å². The lowest BCUT2D eigenvalue weighted by atomic mass is 9.90. The van der Waals surface area contributed by atoms with Gasteiger partial charge in [-0.15, -0.1) is 0 Å². The van der Waals surface area contributed by atoms with Gasteiger partial charge in [0.05, 0.1) is 6.04 Å². The number of carboxylic acid groups (broad SMARTS) is 1. The molecule has 1 unspecified atom stereocenters. The number of rotatable bonds is 4. The Hall–Kier alpha value is -2.08. The van der Waals surface area contributed by atoms with Crippen LogP contribution in [0.25, 0.3) is 0 Å². The number of carbonyl (C=O) groups is 2. The van der Waals surface area contributed by atoms with E-state index in [-0.39, 0.29) is 18.9 Å². The van der Waals surface area contributed by atoms with Gasteiger partial charge in [0.2, 0.25) is 0 Å². The molecule has 0 bridgehead atoms. The van der Waals surface area contributed by atoms with E-state index >= 15 is 0 Å². The predicted molar refractivity (Wildman–Crippen MR) is 76.9 cm³/mol. The third kappa shape index (κ3) is 3.72. The lowest BCUT2D eigenvalue weighted by Crippen LogP contribution is -2.59. The van der Waals surface area contributed by atoms with E-state index in [4.69, 9.17) is 4.74 Å². The molecule has 114 valence electrons. The van der Waals surface area contributed by atoms with Crippen molar-refractivity contribution in [3.8, 4) is 0 Å². The predicted octanol–water partition coefficient (Wildman–Crippen LogP) is 1.68. The van der Waals surface area contributed by atoms with Crippen LogP contribution in [0, 0.1) is 0 Å². The van der Waals surface area contributed by atoms with Crippen LogP contribution < -0.4 is 10.6 Å². The van der Waals surface area contributed by atoms with Crippen molar-refractivity contribution in [1.29, 1.82) is 0 Å². The summed E-state index contributed by atoms with van der Waals surface area (Å²) in [5.41, 5.74) is -0.275. The number of aliphatic carboxylic acids is 1. The summed E-state index contributed by atoms with van der Waals surface area (Å²) in [5, 5.41) is 14.8. The van der Waals surface area contributed by atoms with Crippen molar-refractivity contribution in [2.24, 2.45) is 0 Å². The number of hydrogen-bond donors (Lipinski definition) is 3. The van der Waals surface area contributed by atoms with Gasteiger partial charge in [-0.2, -0.15) is 0 Å². The number of urea groups is 1. The average Bonchev–Trinajstić information content (AvgIpc) is 2.48. The molecule has 6 nitrogen and oxygen atoms in total. The molecule has 0 radical (unpaired) electrons. The molecule has 1 saturated heterocycles. The van der Waals surface area contributed by atoms with E-state index in [0.717, 1.165) is 5.56 Å². The Kier molecular flexibility index (Phi) is 4.80. The Morgan fingerprint density at radius 1 is 1.24 bits per heavy atom. The number of carbonyl (C=O) groups excluding carboxylic acids is 1. The third-order valence-electron chi connectivity index (χ3n) is 3.76. The van der Waals surface area contributed by atoms with E-state index in [2.05, 4.69) is 10.6 Å². The van der Waals surface area contributed by atoms with Crippen LogP contribution in [0.5, 0.6) is 0 Å². The second-order valence-corrected chi connectivity index (χ2v) is 5.23. The summed E-state index contributed by atoms with van der Waals surface area (Å²) in [6.45, 7) is 2.52. The molecular formula is C15H20N2O4. The fourth-order valence-corrected chi connectivity index (χ4v) is 2.39. The minimum absolute atomic E-state index is 0.197. The number of hydrogen-bond acceptors (Lipinski definition) is 3. The van der Waals surface area contributed by atoms with Crippen LogP contribution in [-0.4, -0.2) is 35.9 Å². The highest BCUT2D eigenvalue weighted by molar-refractivity contribution is 5.86. The first-order valence-electron chi connectivity index (χ1n) is 6.98. The van der Waals surface area contributed by atoms with Crippen LogP contribution in [0.1, 0.15) is 31.4 Å². The Bertz CT molecular complexity index is 498. The fraction of sp³-hybridized carbons (Fsp3) is 0.467. The molecule has 1 fully saturated rings. The van der Waals surface area contributed by atoms with E-state index in [0.29, 0.717) is 13.2 Å². The van der Waals surface area contributed by atoms with Crippen molar-refractivity contribution in [1.82, 2.24) is 10.6 Å². The van der Waals surface area contributed by atoms with Gasteiger partial charge in [-0.1, -0.05) is 30.3 Å². The van der Waals surface area contributed by atoms with Gasteiger partial charge < -0.3 is 20.5 Å². The summed E-state index contributed by atoms with van der Waals surface area (Å²) in [5.74, 6) is -1.02. The number of nitrogens with one attached hydrogen (secondary N) is 2. The summed E-state index contributed by atoms with van der Waals surface area (Å²) in [6, 6.07) is 8.83. The maximum atomic E-state index is 12.1. The molecule has 0 aromatic heterocycles. The van der Waals surface area contributed by atoms with Gasteiger partial charge in [-0.05, 0) is 12.5 Å². The molecule has 1 heterocycles. The molecule has 2 amide bonds. The van der Waals surface area contributed by atoms with E-state index in [1.54, 1.807) is 0 Å².